The molecule has 7 heteroatoms. The summed E-state index contributed by atoms with van der Waals surface area (Å²) in [6, 6.07) is 17.4. The summed E-state index contributed by atoms with van der Waals surface area (Å²) >= 11 is 0. The maximum atomic E-state index is 12.2. The van der Waals surface area contributed by atoms with Crippen LogP contribution in [0, 0.1) is 0 Å². The lowest BCUT2D eigenvalue weighted by atomic mass is 9.90. The number of nitrogens with one attached hydrogen (secondary N) is 3. The molecule has 6 nitrogen and oxygen atoms in total. The molecule has 0 bridgehead atoms. The number of aliphatic imine (C=N–C) groups is 1. The molecule has 1 heterocycles. The van der Waals surface area contributed by atoms with E-state index in [9.17, 15) is 4.79 Å². The molecule has 0 saturated carbocycles. The van der Waals surface area contributed by atoms with E-state index >= 15 is 0 Å². The Balaban J connectivity index is 0.00000280. The van der Waals surface area contributed by atoms with Crippen molar-refractivity contribution in [1.82, 2.24) is 10.6 Å². The molecule has 0 radical (unpaired) electrons. The van der Waals surface area contributed by atoms with Gasteiger partial charge in [-0.05, 0) is 32.0 Å². The van der Waals surface area contributed by atoms with Crippen LogP contribution in [0.5, 0.6) is 5.75 Å². The highest BCUT2D eigenvalue weighted by Crippen LogP contribution is 2.39. The Bertz CT molecular complexity index is 824. The van der Waals surface area contributed by atoms with Crippen molar-refractivity contribution in [2.24, 2.45) is 4.99 Å². The quantitative estimate of drug-likeness (QED) is 0.344. The van der Waals surface area contributed by atoms with Crippen LogP contribution >= 0.6 is 24.0 Å². The minimum Gasteiger partial charge on any atom is -0.487 e. The molecule has 1 aliphatic heterocycles. The maximum Gasteiger partial charge on any atom is 0.243 e. The van der Waals surface area contributed by atoms with Crippen molar-refractivity contribution in [2.45, 2.75) is 31.9 Å². The van der Waals surface area contributed by atoms with E-state index in [4.69, 9.17) is 4.74 Å². The molecular weight excluding hydrogens is 467 g/mol. The van der Waals surface area contributed by atoms with Crippen molar-refractivity contribution in [3.8, 4) is 5.75 Å². The largest absolute Gasteiger partial charge is 0.487 e. The van der Waals surface area contributed by atoms with Gasteiger partial charge in [0, 0.05) is 24.7 Å². The van der Waals surface area contributed by atoms with Gasteiger partial charge in [0.2, 0.25) is 5.91 Å². The third-order valence-corrected chi connectivity index (χ3v) is 4.38. The van der Waals surface area contributed by atoms with Gasteiger partial charge in [0.1, 0.15) is 11.4 Å². The number of nitrogens with zero attached hydrogens (tertiary/aromatic N) is 1. The van der Waals surface area contributed by atoms with Gasteiger partial charge in [-0.1, -0.05) is 36.4 Å². The van der Waals surface area contributed by atoms with Crippen LogP contribution in [0.1, 0.15) is 31.9 Å². The summed E-state index contributed by atoms with van der Waals surface area (Å²) in [5.74, 6) is 1.33. The zero-order chi connectivity index (χ0) is 19.3. The molecule has 28 heavy (non-hydrogen) atoms. The van der Waals surface area contributed by atoms with E-state index in [1.165, 1.54) is 0 Å². The lowest BCUT2D eigenvalue weighted by Crippen LogP contribution is -2.46. The van der Waals surface area contributed by atoms with Crippen LogP contribution < -0.4 is 20.7 Å². The first-order valence-corrected chi connectivity index (χ1v) is 9.07. The number of anilines is 1. The number of amides is 1. The molecule has 0 spiro atoms. The van der Waals surface area contributed by atoms with E-state index in [1.807, 2.05) is 48.5 Å². The number of carbonyl (C=O) groups is 1. The third-order valence-electron chi connectivity index (χ3n) is 4.38. The molecule has 0 aromatic heterocycles. The number of hydrogen-bond donors (Lipinski definition) is 3. The van der Waals surface area contributed by atoms with E-state index in [0.717, 1.165) is 23.4 Å². The maximum absolute atomic E-state index is 12.2. The van der Waals surface area contributed by atoms with Gasteiger partial charge in [0.15, 0.2) is 5.96 Å². The molecule has 150 valence electrons. The number of para-hydroxylation sites is 2. The molecule has 1 amide bonds. The SMILES string of the molecule is CN=C(NCC(=O)Nc1ccccc1)NC1CC(C)(C)Oc2ccccc21.I. The molecule has 0 aliphatic carbocycles. The van der Waals surface area contributed by atoms with Gasteiger partial charge in [-0.2, -0.15) is 0 Å². The fourth-order valence-electron chi connectivity index (χ4n) is 3.18. The van der Waals surface area contributed by atoms with Gasteiger partial charge in [-0.3, -0.25) is 9.79 Å². The first-order chi connectivity index (χ1) is 13.0. The number of benzene rings is 2. The summed E-state index contributed by atoms with van der Waals surface area (Å²) in [6.07, 6.45) is 0.793. The molecule has 2 aromatic rings. The van der Waals surface area contributed by atoms with E-state index in [0.29, 0.717) is 5.96 Å². The Labute approximate surface area is 183 Å². The lowest BCUT2D eigenvalue weighted by Gasteiger charge is -2.38. The summed E-state index contributed by atoms with van der Waals surface area (Å²) in [7, 11) is 1.70. The van der Waals surface area contributed by atoms with E-state index in [2.05, 4.69) is 40.9 Å². The minimum absolute atomic E-state index is 0. The number of ether oxygens (including phenoxy) is 1. The molecule has 0 saturated heterocycles. The summed E-state index contributed by atoms with van der Waals surface area (Å²) in [5, 5.41) is 9.35. The number of carbonyl (C=O) groups excluding carboxylic acids is 1. The molecule has 1 unspecified atom stereocenters. The highest BCUT2D eigenvalue weighted by Gasteiger charge is 2.33. The van der Waals surface area contributed by atoms with Crippen molar-refractivity contribution in [2.75, 3.05) is 18.9 Å². The van der Waals surface area contributed by atoms with Crippen LogP contribution in [-0.4, -0.2) is 31.1 Å². The summed E-state index contributed by atoms with van der Waals surface area (Å²) < 4.78 is 6.06. The lowest BCUT2D eigenvalue weighted by molar-refractivity contribution is -0.115. The van der Waals surface area contributed by atoms with Crippen LogP contribution in [0.4, 0.5) is 5.69 Å². The van der Waals surface area contributed by atoms with Gasteiger partial charge in [0.05, 0.1) is 12.6 Å². The predicted octanol–water partition coefficient (Wildman–Crippen LogP) is 3.71. The number of guanidine groups is 1. The first-order valence-electron chi connectivity index (χ1n) is 9.07. The second-order valence-electron chi connectivity index (χ2n) is 7.14. The van der Waals surface area contributed by atoms with Crippen LogP contribution in [0.3, 0.4) is 0 Å². The monoisotopic (exact) mass is 494 g/mol. The van der Waals surface area contributed by atoms with Gasteiger partial charge >= 0.3 is 0 Å². The number of rotatable bonds is 4. The van der Waals surface area contributed by atoms with E-state index in [-0.39, 0.29) is 48.1 Å². The van der Waals surface area contributed by atoms with Gasteiger partial charge in [0.25, 0.3) is 0 Å². The molecular formula is C21H27IN4O2. The van der Waals surface area contributed by atoms with E-state index < -0.39 is 0 Å². The highest BCUT2D eigenvalue weighted by molar-refractivity contribution is 14.0. The molecule has 2 aromatic carbocycles. The van der Waals surface area contributed by atoms with Crippen molar-refractivity contribution in [1.29, 1.82) is 0 Å². The normalized spacial score (nSPS) is 17.4. The van der Waals surface area contributed by atoms with Crippen molar-refractivity contribution >= 4 is 41.5 Å². The van der Waals surface area contributed by atoms with Gasteiger partial charge in [-0.25, -0.2) is 0 Å². The Morgan fingerprint density at radius 1 is 1.14 bits per heavy atom. The van der Waals surface area contributed by atoms with Crippen molar-refractivity contribution in [3.63, 3.8) is 0 Å². The van der Waals surface area contributed by atoms with Crippen molar-refractivity contribution in [3.05, 3.63) is 60.2 Å². The van der Waals surface area contributed by atoms with Crippen LogP contribution in [0.15, 0.2) is 59.6 Å². The molecule has 3 N–H and O–H groups in total. The predicted molar refractivity (Wildman–Crippen MR) is 123 cm³/mol. The molecule has 1 atom stereocenters. The fourth-order valence-corrected chi connectivity index (χ4v) is 3.18. The summed E-state index contributed by atoms with van der Waals surface area (Å²) in [6.45, 7) is 4.27. The average molecular weight is 494 g/mol. The number of fused-ring (bicyclic) bond motifs is 1. The average Bonchev–Trinajstić information content (AvgIpc) is 2.65. The zero-order valence-corrected chi connectivity index (χ0v) is 18.7. The topological polar surface area (TPSA) is 74.8 Å². The third kappa shape index (κ3) is 5.85. The van der Waals surface area contributed by atoms with Gasteiger partial charge in [-0.15, -0.1) is 24.0 Å². The van der Waals surface area contributed by atoms with Crippen molar-refractivity contribution < 1.29 is 9.53 Å². The standard InChI is InChI=1S/C21H26N4O2.HI/c1-21(2)13-17(16-11-7-8-12-18(16)27-21)25-20(22-3)23-14-19(26)24-15-9-5-4-6-10-15;/h4-12,17H,13-14H2,1-3H3,(H,24,26)(H2,22,23,25);1H. The Morgan fingerprint density at radius 2 is 1.82 bits per heavy atom. The number of halogens is 1. The Hall–Kier alpha value is -2.29. The summed E-state index contributed by atoms with van der Waals surface area (Å²) in [5.41, 5.74) is 1.58. The first kappa shape index (κ1) is 22.0. The summed E-state index contributed by atoms with van der Waals surface area (Å²) in [4.78, 5) is 16.4. The zero-order valence-electron chi connectivity index (χ0n) is 16.4. The van der Waals surface area contributed by atoms with Crippen LogP contribution in [0.2, 0.25) is 0 Å². The highest BCUT2D eigenvalue weighted by atomic mass is 127. The second-order valence-corrected chi connectivity index (χ2v) is 7.14. The van der Waals surface area contributed by atoms with E-state index in [1.54, 1.807) is 7.05 Å². The Kier molecular flexibility index (Phi) is 7.68. The molecule has 1 aliphatic rings. The van der Waals surface area contributed by atoms with Crippen LogP contribution in [-0.2, 0) is 4.79 Å². The fraction of sp³-hybridized carbons (Fsp3) is 0.333. The second kappa shape index (κ2) is 9.77. The van der Waals surface area contributed by atoms with Crippen LogP contribution in [0.25, 0.3) is 0 Å². The molecule has 3 rings (SSSR count). The minimum atomic E-state index is -0.282. The smallest absolute Gasteiger partial charge is 0.243 e. The Morgan fingerprint density at radius 3 is 2.54 bits per heavy atom. The number of hydrogen-bond acceptors (Lipinski definition) is 3. The van der Waals surface area contributed by atoms with Gasteiger partial charge < -0.3 is 20.7 Å². The molecule has 0 fully saturated rings.